The van der Waals surface area contributed by atoms with Gasteiger partial charge in [0.15, 0.2) is 0 Å². The molecule has 0 nitrogen and oxygen atoms in total. The standard InChI is InChI=1S/C18H15/c1-14-6-2-3-8-17(14)12-15-10-11-16-7-4-5-9-18(16)13-15/h2-11H,12H2,1H3. The molecule has 0 unspecified atom stereocenters. The van der Waals surface area contributed by atoms with Crippen LogP contribution in [0.3, 0.4) is 0 Å². The van der Waals surface area contributed by atoms with Gasteiger partial charge in [-0.3, -0.25) is 0 Å². The van der Waals surface area contributed by atoms with Gasteiger partial charge in [0, 0.05) is 0 Å². The molecule has 18 heavy (non-hydrogen) atoms. The quantitative estimate of drug-likeness (QED) is 0.607. The molecule has 0 bridgehead atoms. The van der Waals surface area contributed by atoms with Crippen LogP contribution in [-0.2, 0) is 6.42 Å². The summed E-state index contributed by atoms with van der Waals surface area (Å²) in [6, 6.07) is 24.8. The molecule has 87 valence electrons. The summed E-state index contributed by atoms with van der Waals surface area (Å²) in [5.74, 6) is 0. The lowest BCUT2D eigenvalue weighted by Gasteiger charge is -2.06. The van der Waals surface area contributed by atoms with E-state index in [4.69, 9.17) is 0 Å². The van der Waals surface area contributed by atoms with Gasteiger partial charge >= 0.3 is 0 Å². The number of aryl methyl sites for hydroxylation is 1. The van der Waals surface area contributed by atoms with E-state index < -0.39 is 0 Å². The number of rotatable bonds is 2. The van der Waals surface area contributed by atoms with Crippen molar-refractivity contribution in [3.05, 3.63) is 83.4 Å². The van der Waals surface area contributed by atoms with Gasteiger partial charge in [-0.15, -0.1) is 0 Å². The normalized spacial score (nSPS) is 10.7. The summed E-state index contributed by atoms with van der Waals surface area (Å²) in [5.41, 5.74) is 3.98. The largest absolute Gasteiger partial charge is 0.0620 e. The van der Waals surface area contributed by atoms with Crippen molar-refractivity contribution in [1.82, 2.24) is 0 Å². The number of hydrogen-bond donors (Lipinski definition) is 0. The van der Waals surface area contributed by atoms with Crippen molar-refractivity contribution in [2.75, 3.05) is 0 Å². The van der Waals surface area contributed by atoms with Crippen molar-refractivity contribution < 1.29 is 0 Å². The topological polar surface area (TPSA) is 0 Å². The second-order valence-corrected chi connectivity index (χ2v) is 4.67. The minimum absolute atomic E-state index is 0.956. The second-order valence-electron chi connectivity index (χ2n) is 4.67. The van der Waals surface area contributed by atoms with Gasteiger partial charge < -0.3 is 0 Å². The summed E-state index contributed by atoms with van der Waals surface area (Å²) < 4.78 is 0. The van der Waals surface area contributed by atoms with Crippen LogP contribution in [0.4, 0.5) is 0 Å². The van der Waals surface area contributed by atoms with E-state index in [1.165, 1.54) is 27.5 Å². The van der Waals surface area contributed by atoms with E-state index in [1.807, 2.05) is 0 Å². The Labute approximate surface area is 108 Å². The lowest BCUT2D eigenvalue weighted by Crippen LogP contribution is -1.91. The molecule has 0 saturated heterocycles. The number of hydrogen-bond acceptors (Lipinski definition) is 0. The third-order valence-corrected chi connectivity index (χ3v) is 3.36. The van der Waals surface area contributed by atoms with Crippen LogP contribution in [0.15, 0.2) is 60.7 Å². The Morgan fingerprint density at radius 3 is 2.50 bits per heavy atom. The average Bonchev–Trinajstić information content (AvgIpc) is 2.41. The fourth-order valence-electron chi connectivity index (χ4n) is 2.28. The molecule has 3 aromatic rings. The second kappa shape index (κ2) is 4.66. The van der Waals surface area contributed by atoms with E-state index in [1.54, 1.807) is 0 Å². The van der Waals surface area contributed by atoms with E-state index in [0.29, 0.717) is 0 Å². The summed E-state index contributed by atoms with van der Waals surface area (Å²) in [6.45, 7) is 2.16. The van der Waals surface area contributed by atoms with Crippen molar-refractivity contribution in [1.29, 1.82) is 0 Å². The Morgan fingerprint density at radius 1 is 0.833 bits per heavy atom. The summed E-state index contributed by atoms with van der Waals surface area (Å²) in [6.07, 6.45) is 0.956. The SMILES string of the molecule is Cc1ccccc1Cc1[c]c2ccccc2cc1. The minimum atomic E-state index is 0.956. The molecule has 0 amide bonds. The lowest BCUT2D eigenvalue weighted by molar-refractivity contribution is 1.16. The summed E-state index contributed by atoms with van der Waals surface area (Å²) in [4.78, 5) is 0. The predicted molar refractivity (Wildman–Crippen MR) is 76.8 cm³/mol. The fraction of sp³-hybridized carbons (Fsp3) is 0.111. The van der Waals surface area contributed by atoms with Crippen LogP contribution in [0, 0.1) is 13.0 Å². The van der Waals surface area contributed by atoms with Crippen LogP contribution in [-0.4, -0.2) is 0 Å². The van der Waals surface area contributed by atoms with E-state index in [2.05, 4.69) is 73.7 Å². The Balaban J connectivity index is 1.98. The maximum Gasteiger partial charge on any atom is -0.00168 e. The number of benzene rings is 3. The molecule has 3 aromatic carbocycles. The van der Waals surface area contributed by atoms with Gasteiger partial charge in [-0.1, -0.05) is 60.7 Å². The molecule has 0 fully saturated rings. The van der Waals surface area contributed by atoms with Crippen molar-refractivity contribution in [2.24, 2.45) is 0 Å². The Morgan fingerprint density at radius 2 is 1.61 bits per heavy atom. The zero-order valence-electron chi connectivity index (χ0n) is 10.5. The van der Waals surface area contributed by atoms with Crippen LogP contribution < -0.4 is 0 Å². The molecule has 0 saturated carbocycles. The van der Waals surface area contributed by atoms with Gasteiger partial charge in [0.25, 0.3) is 0 Å². The minimum Gasteiger partial charge on any atom is -0.0620 e. The smallest absolute Gasteiger partial charge is 0.00168 e. The maximum absolute atomic E-state index is 3.50. The molecule has 1 radical (unpaired) electrons. The van der Waals surface area contributed by atoms with Crippen molar-refractivity contribution in [3.63, 3.8) is 0 Å². The Bertz CT molecular complexity index is 680. The van der Waals surface area contributed by atoms with Gasteiger partial charge in [-0.05, 0) is 46.9 Å². The van der Waals surface area contributed by atoms with Gasteiger partial charge in [-0.2, -0.15) is 0 Å². The van der Waals surface area contributed by atoms with Crippen molar-refractivity contribution >= 4 is 10.8 Å². The molecule has 0 aromatic heterocycles. The van der Waals surface area contributed by atoms with E-state index >= 15 is 0 Å². The molecule has 0 spiro atoms. The first-order chi connectivity index (χ1) is 8.83. The van der Waals surface area contributed by atoms with Crippen LogP contribution in [0.25, 0.3) is 10.8 Å². The molecule has 0 aliphatic carbocycles. The molecular formula is C18H15. The predicted octanol–water partition coefficient (Wildman–Crippen LogP) is 4.54. The van der Waals surface area contributed by atoms with Crippen LogP contribution in [0.2, 0.25) is 0 Å². The molecule has 3 rings (SSSR count). The zero-order chi connectivity index (χ0) is 12.4. The molecule has 0 aliphatic heterocycles. The van der Waals surface area contributed by atoms with Gasteiger partial charge in [0.2, 0.25) is 0 Å². The highest BCUT2D eigenvalue weighted by Gasteiger charge is 2.01. The van der Waals surface area contributed by atoms with Crippen LogP contribution in [0.1, 0.15) is 16.7 Å². The molecule has 0 aliphatic rings. The highest BCUT2D eigenvalue weighted by atomic mass is 14.1. The molecule has 0 heterocycles. The first-order valence-corrected chi connectivity index (χ1v) is 6.27. The van der Waals surface area contributed by atoms with Gasteiger partial charge in [0.05, 0.1) is 0 Å². The van der Waals surface area contributed by atoms with Crippen LogP contribution >= 0.6 is 0 Å². The van der Waals surface area contributed by atoms with Crippen molar-refractivity contribution in [3.8, 4) is 0 Å². The van der Waals surface area contributed by atoms with Crippen LogP contribution in [0.5, 0.6) is 0 Å². The highest BCUT2D eigenvalue weighted by molar-refractivity contribution is 5.82. The fourth-order valence-corrected chi connectivity index (χ4v) is 2.28. The molecule has 0 N–H and O–H groups in total. The Kier molecular flexibility index (Phi) is 2.85. The average molecular weight is 231 g/mol. The molecule has 0 heteroatoms. The van der Waals surface area contributed by atoms with E-state index in [9.17, 15) is 0 Å². The monoisotopic (exact) mass is 231 g/mol. The van der Waals surface area contributed by atoms with Gasteiger partial charge in [-0.25, -0.2) is 0 Å². The molecule has 0 atom stereocenters. The third-order valence-electron chi connectivity index (χ3n) is 3.36. The van der Waals surface area contributed by atoms with E-state index in [0.717, 1.165) is 6.42 Å². The summed E-state index contributed by atoms with van der Waals surface area (Å²) >= 11 is 0. The first kappa shape index (κ1) is 11.0. The van der Waals surface area contributed by atoms with Crippen molar-refractivity contribution in [2.45, 2.75) is 13.3 Å². The summed E-state index contributed by atoms with van der Waals surface area (Å²) in [7, 11) is 0. The maximum atomic E-state index is 3.50. The number of fused-ring (bicyclic) bond motifs is 1. The zero-order valence-corrected chi connectivity index (χ0v) is 10.5. The summed E-state index contributed by atoms with van der Waals surface area (Å²) in [5, 5.41) is 2.45. The van der Waals surface area contributed by atoms with E-state index in [-0.39, 0.29) is 0 Å². The first-order valence-electron chi connectivity index (χ1n) is 6.27. The lowest BCUT2D eigenvalue weighted by atomic mass is 9.98. The third kappa shape index (κ3) is 2.14. The highest BCUT2D eigenvalue weighted by Crippen LogP contribution is 2.18. The Hall–Kier alpha value is -2.08. The molecular weight excluding hydrogens is 216 g/mol. The van der Waals surface area contributed by atoms with Gasteiger partial charge in [0.1, 0.15) is 0 Å².